The maximum absolute atomic E-state index is 12.6. The summed E-state index contributed by atoms with van der Waals surface area (Å²) in [7, 11) is 0. The fourth-order valence-corrected chi connectivity index (χ4v) is 4.14. The van der Waals surface area contributed by atoms with Crippen LogP contribution in [0.2, 0.25) is 0 Å². The van der Waals surface area contributed by atoms with Gasteiger partial charge in [0.05, 0.1) is 17.8 Å². The molecule has 2 aliphatic rings. The molecule has 1 fully saturated rings. The molecule has 2 aliphatic heterocycles. The number of pyridine rings is 1. The van der Waals surface area contributed by atoms with E-state index in [4.69, 9.17) is 4.74 Å². The Morgan fingerprint density at radius 3 is 2.67 bits per heavy atom. The van der Waals surface area contributed by atoms with Crippen molar-refractivity contribution in [1.82, 2.24) is 4.98 Å². The van der Waals surface area contributed by atoms with Gasteiger partial charge in [-0.05, 0) is 47.2 Å². The number of anilines is 1. The van der Waals surface area contributed by atoms with Gasteiger partial charge < -0.3 is 9.64 Å². The van der Waals surface area contributed by atoms with Gasteiger partial charge in [0.2, 0.25) is 5.91 Å². The van der Waals surface area contributed by atoms with Crippen molar-refractivity contribution in [1.29, 1.82) is 0 Å². The first-order valence-corrected chi connectivity index (χ1v) is 9.64. The van der Waals surface area contributed by atoms with Gasteiger partial charge >= 0.3 is 0 Å². The van der Waals surface area contributed by atoms with E-state index in [0.29, 0.717) is 12.3 Å². The van der Waals surface area contributed by atoms with E-state index in [2.05, 4.69) is 53.5 Å². The van der Waals surface area contributed by atoms with Crippen LogP contribution in [0.1, 0.15) is 18.5 Å². The zero-order chi connectivity index (χ0) is 18.2. The van der Waals surface area contributed by atoms with Crippen LogP contribution < -0.4 is 4.90 Å². The Morgan fingerprint density at radius 2 is 1.81 bits per heavy atom. The highest BCUT2D eigenvalue weighted by molar-refractivity contribution is 6.01. The topological polar surface area (TPSA) is 42.4 Å². The molecule has 2 aromatic carbocycles. The van der Waals surface area contributed by atoms with E-state index in [1.807, 2.05) is 11.1 Å². The summed E-state index contributed by atoms with van der Waals surface area (Å²) in [5, 5.41) is 2.44. The predicted octanol–water partition coefficient (Wildman–Crippen LogP) is 4.22. The zero-order valence-corrected chi connectivity index (χ0v) is 15.2. The minimum absolute atomic E-state index is 0.166. The van der Waals surface area contributed by atoms with Crippen LogP contribution in [0.3, 0.4) is 0 Å². The second kappa shape index (κ2) is 6.78. The summed E-state index contributed by atoms with van der Waals surface area (Å²) in [6, 6.07) is 17.0. The molecule has 0 atom stereocenters. The lowest BCUT2D eigenvalue weighted by molar-refractivity contribution is -0.117. The van der Waals surface area contributed by atoms with E-state index in [9.17, 15) is 4.79 Å². The number of hydrogen-bond acceptors (Lipinski definition) is 3. The SMILES string of the molecule is O=C1Cc2ncc(-c3ccc4ccccc4c3)cc2N1CC1CCOCC1. The highest BCUT2D eigenvalue weighted by Crippen LogP contribution is 2.34. The number of fused-ring (bicyclic) bond motifs is 2. The average Bonchev–Trinajstić information content (AvgIpc) is 3.03. The zero-order valence-electron chi connectivity index (χ0n) is 15.2. The van der Waals surface area contributed by atoms with Crippen molar-refractivity contribution in [3.63, 3.8) is 0 Å². The van der Waals surface area contributed by atoms with Gasteiger partial charge in [-0.25, -0.2) is 0 Å². The summed E-state index contributed by atoms with van der Waals surface area (Å²) >= 11 is 0. The lowest BCUT2D eigenvalue weighted by atomic mass is 9.99. The first-order valence-electron chi connectivity index (χ1n) is 9.64. The first kappa shape index (κ1) is 16.5. The van der Waals surface area contributed by atoms with Crippen molar-refractivity contribution >= 4 is 22.4 Å². The summed E-state index contributed by atoms with van der Waals surface area (Å²) < 4.78 is 5.46. The predicted molar refractivity (Wildman–Crippen MR) is 107 cm³/mol. The highest BCUT2D eigenvalue weighted by atomic mass is 16.5. The van der Waals surface area contributed by atoms with Gasteiger partial charge in [0.15, 0.2) is 0 Å². The number of carbonyl (C=O) groups excluding carboxylic acids is 1. The summed E-state index contributed by atoms with van der Waals surface area (Å²) in [5.41, 5.74) is 4.08. The molecule has 5 rings (SSSR count). The van der Waals surface area contributed by atoms with Crippen LogP contribution in [0.15, 0.2) is 54.7 Å². The second-order valence-corrected chi connectivity index (χ2v) is 7.49. The third-order valence-electron chi connectivity index (χ3n) is 5.72. The number of hydrogen-bond donors (Lipinski definition) is 0. The van der Waals surface area contributed by atoms with Crippen LogP contribution in [-0.4, -0.2) is 30.6 Å². The molecule has 0 unspecified atom stereocenters. The van der Waals surface area contributed by atoms with E-state index in [-0.39, 0.29) is 5.91 Å². The number of aromatic nitrogens is 1. The largest absolute Gasteiger partial charge is 0.381 e. The van der Waals surface area contributed by atoms with Gasteiger partial charge in [-0.1, -0.05) is 36.4 Å². The molecule has 4 heteroatoms. The maximum atomic E-state index is 12.6. The molecule has 3 aromatic rings. The standard InChI is InChI=1S/C23H22N2O2/c26-23-13-21-22(25(23)15-16-7-9-27-10-8-16)12-20(14-24-21)19-6-5-17-3-1-2-4-18(17)11-19/h1-6,11-12,14,16H,7-10,13,15H2. The van der Waals surface area contributed by atoms with E-state index < -0.39 is 0 Å². The molecule has 0 aliphatic carbocycles. The number of carbonyl (C=O) groups is 1. The van der Waals surface area contributed by atoms with Crippen LogP contribution in [0.25, 0.3) is 21.9 Å². The third-order valence-corrected chi connectivity index (χ3v) is 5.72. The number of benzene rings is 2. The van der Waals surface area contributed by atoms with Gasteiger partial charge in [0.1, 0.15) is 0 Å². The molecule has 0 radical (unpaired) electrons. The maximum Gasteiger partial charge on any atom is 0.233 e. The van der Waals surface area contributed by atoms with Crippen LogP contribution in [-0.2, 0) is 16.0 Å². The Morgan fingerprint density at radius 1 is 1.00 bits per heavy atom. The smallest absolute Gasteiger partial charge is 0.233 e. The Kier molecular flexibility index (Phi) is 4.13. The molecule has 0 spiro atoms. The lowest BCUT2D eigenvalue weighted by Gasteiger charge is -2.27. The van der Waals surface area contributed by atoms with Crippen molar-refractivity contribution in [2.24, 2.45) is 5.92 Å². The van der Waals surface area contributed by atoms with Crippen molar-refractivity contribution in [2.75, 3.05) is 24.7 Å². The summed E-state index contributed by atoms with van der Waals surface area (Å²) in [6.07, 6.45) is 4.36. The lowest BCUT2D eigenvalue weighted by Crippen LogP contribution is -2.34. The Balaban J connectivity index is 1.48. The minimum atomic E-state index is 0.166. The Hall–Kier alpha value is -2.72. The molecular formula is C23H22N2O2. The van der Waals surface area contributed by atoms with E-state index >= 15 is 0 Å². The Bertz CT molecular complexity index is 1010. The molecule has 136 valence electrons. The minimum Gasteiger partial charge on any atom is -0.381 e. The van der Waals surface area contributed by atoms with Gasteiger partial charge in [-0.2, -0.15) is 0 Å². The second-order valence-electron chi connectivity index (χ2n) is 7.49. The Labute approximate surface area is 158 Å². The van der Waals surface area contributed by atoms with Gasteiger partial charge in [0, 0.05) is 31.5 Å². The van der Waals surface area contributed by atoms with Crippen LogP contribution >= 0.6 is 0 Å². The molecule has 4 nitrogen and oxygen atoms in total. The average molecular weight is 358 g/mol. The summed E-state index contributed by atoms with van der Waals surface area (Å²) in [6.45, 7) is 2.38. The highest BCUT2D eigenvalue weighted by Gasteiger charge is 2.31. The van der Waals surface area contributed by atoms with Crippen molar-refractivity contribution in [3.8, 4) is 11.1 Å². The van der Waals surface area contributed by atoms with Gasteiger partial charge in [-0.15, -0.1) is 0 Å². The van der Waals surface area contributed by atoms with E-state index in [1.165, 1.54) is 10.8 Å². The molecule has 1 aromatic heterocycles. The molecule has 0 N–H and O–H groups in total. The summed E-state index contributed by atoms with van der Waals surface area (Å²) in [4.78, 5) is 19.2. The monoisotopic (exact) mass is 358 g/mol. The molecule has 27 heavy (non-hydrogen) atoms. The number of amides is 1. The fraction of sp³-hybridized carbons (Fsp3) is 0.304. The van der Waals surface area contributed by atoms with E-state index in [1.54, 1.807) is 0 Å². The molecule has 1 saturated heterocycles. The normalized spacial score (nSPS) is 17.5. The molecular weight excluding hydrogens is 336 g/mol. The fourth-order valence-electron chi connectivity index (χ4n) is 4.14. The van der Waals surface area contributed by atoms with Crippen LogP contribution in [0.5, 0.6) is 0 Å². The van der Waals surface area contributed by atoms with Gasteiger partial charge in [0.25, 0.3) is 0 Å². The van der Waals surface area contributed by atoms with Crippen molar-refractivity contribution < 1.29 is 9.53 Å². The van der Waals surface area contributed by atoms with E-state index in [0.717, 1.165) is 55.1 Å². The molecule has 3 heterocycles. The quantitative estimate of drug-likeness (QED) is 0.704. The number of rotatable bonds is 3. The van der Waals surface area contributed by atoms with Crippen LogP contribution in [0, 0.1) is 5.92 Å². The van der Waals surface area contributed by atoms with Crippen molar-refractivity contribution in [2.45, 2.75) is 19.3 Å². The molecule has 1 amide bonds. The molecule has 0 saturated carbocycles. The number of nitrogens with zero attached hydrogens (tertiary/aromatic N) is 2. The van der Waals surface area contributed by atoms with Crippen LogP contribution in [0.4, 0.5) is 5.69 Å². The number of ether oxygens (including phenoxy) is 1. The molecule has 0 bridgehead atoms. The first-order chi connectivity index (χ1) is 13.3. The van der Waals surface area contributed by atoms with Gasteiger partial charge in [-0.3, -0.25) is 9.78 Å². The van der Waals surface area contributed by atoms with Crippen molar-refractivity contribution in [3.05, 3.63) is 60.4 Å². The summed E-state index contributed by atoms with van der Waals surface area (Å²) in [5.74, 6) is 0.678. The third kappa shape index (κ3) is 3.10.